The third-order valence-corrected chi connectivity index (χ3v) is 6.75. The molecule has 4 heteroatoms. The van der Waals surface area contributed by atoms with E-state index in [0.29, 0.717) is 30.6 Å². The zero-order valence-corrected chi connectivity index (χ0v) is 26.8. The molecule has 1 N–H and O–H groups in total. The molecule has 0 fully saturated rings. The molecule has 0 atom stereocenters. The number of benzene rings is 3. The number of hydrogen-bond acceptors (Lipinski definition) is 3. The topological polar surface area (TPSA) is 50.2 Å². The van der Waals surface area contributed by atoms with E-state index in [9.17, 15) is 9.90 Å². The quantitative estimate of drug-likeness (QED) is 0.104. The van der Waals surface area contributed by atoms with Crippen LogP contribution in [0.25, 0.3) is 44.3 Å². The number of ketones is 1. The molecule has 0 aliphatic heterocycles. The number of nitrogens with zero attached hydrogens (tertiary/aromatic N) is 1. The molecule has 0 amide bonds. The van der Waals surface area contributed by atoms with Crippen LogP contribution in [-0.4, -0.2) is 15.9 Å². The Kier molecular flexibility index (Phi) is 11.0. The van der Waals surface area contributed by atoms with E-state index in [-0.39, 0.29) is 31.6 Å². The van der Waals surface area contributed by atoms with Gasteiger partial charge in [-0.25, -0.2) is 0 Å². The van der Waals surface area contributed by atoms with Crippen LogP contribution in [-0.2, 0) is 31.3 Å². The second-order valence-electron chi connectivity index (χ2n) is 11.8. The van der Waals surface area contributed by atoms with Crippen molar-refractivity contribution in [2.75, 3.05) is 0 Å². The maximum Gasteiger partial charge on any atom is 0.159 e. The number of pyridine rings is 1. The number of aliphatic hydroxyl groups is 1. The zero-order chi connectivity index (χ0) is 28.1. The molecule has 1 aliphatic rings. The number of allylic oxidation sites excluding steroid dienone is 2. The smallest absolute Gasteiger partial charge is 0.159 e. The molecule has 0 unspecified atom stereocenters. The van der Waals surface area contributed by atoms with E-state index in [2.05, 4.69) is 74.5 Å². The third kappa shape index (κ3) is 7.56. The predicted octanol–water partition coefficient (Wildman–Crippen LogP) is 9.63. The molecule has 3 aromatic carbocycles. The molecule has 3 nitrogen and oxygen atoms in total. The molecule has 1 aliphatic carbocycles. The van der Waals surface area contributed by atoms with Crippen molar-refractivity contribution < 1.29 is 30.0 Å². The maximum atomic E-state index is 11.2. The summed E-state index contributed by atoms with van der Waals surface area (Å²) in [7, 11) is 0. The van der Waals surface area contributed by atoms with E-state index < -0.39 is 0 Å². The van der Waals surface area contributed by atoms with Crippen LogP contribution < -0.4 is 0 Å². The van der Waals surface area contributed by atoms with Crippen LogP contribution in [0.2, 0.25) is 0 Å². The minimum absolute atomic E-state index is 0. The van der Waals surface area contributed by atoms with Gasteiger partial charge < -0.3 is 10.1 Å². The van der Waals surface area contributed by atoms with Gasteiger partial charge in [0.25, 0.3) is 0 Å². The standard InChI is InChI=1S/C25H20N.C11H20O2.Ir/c1-16(2)14-17-10-11-20-21-9-5-6-18-12-13-26-25(24(18)21)22-8-4-3-7-19(22)23(20)15-17;1-8(2)5-10(12)7-11(13)6-9(3)4;/h3-7,9-13,15-16H,14H2,1-2H3;7-9,12H,5-6H2,1-4H3;/q-1;;/b;10-7-;. The second-order valence-corrected chi connectivity index (χ2v) is 11.8. The summed E-state index contributed by atoms with van der Waals surface area (Å²) in [5.41, 5.74) is 8.60. The number of rotatable bonds is 7. The van der Waals surface area contributed by atoms with Crippen molar-refractivity contribution in [1.29, 1.82) is 0 Å². The summed E-state index contributed by atoms with van der Waals surface area (Å²) in [6.45, 7) is 12.5. The van der Waals surface area contributed by atoms with Crippen molar-refractivity contribution in [2.24, 2.45) is 17.8 Å². The number of hydrogen-bond donors (Lipinski definition) is 1. The molecule has 0 spiro atoms. The fourth-order valence-electron chi connectivity index (χ4n) is 5.27. The molecule has 0 saturated carbocycles. The Balaban J connectivity index is 0.000000272. The van der Waals surface area contributed by atoms with Crippen LogP contribution in [0.15, 0.2) is 78.7 Å². The van der Waals surface area contributed by atoms with Gasteiger partial charge in [-0.2, -0.15) is 0 Å². The van der Waals surface area contributed by atoms with Gasteiger partial charge in [0.05, 0.1) is 5.76 Å². The first kappa shape index (κ1) is 31.5. The molecule has 0 saturated heterocycles. The predicted molar refractivity (Wildman–Crippen MR) is 164 cm³/mol. The van der Waals surface area contributed by atoms with Crippen molar-refractivity contribution >= 4 is 16.6 Å². The minimum atomic E-state index is 0. The molecule has 4 aromatic rings. The Morgan fingerprint density at radius 1 is 0.850 bits per heavy atom. The summed E-state index contributed by atoms with van der Waals surface area (Å²) in [6, 6.07) is 25.3. The third-order valence-electron chi connectivity index (χ3n) is 6.75. The molecular formula is C36H40IrNO2-. The largest absolute Gasteiger partial charge is 0.512 e. The van der Waals surface area contributed by atoms with Crippen molar-refractivity contribution in [3.8, 4) is 33.5 Å². The molecule has 0 bridgehead atoms. The van der Waals surface area contributed by atoms with Gasteiger partial charge in [-0.15, -0.1) is 29.8 Å². The average molecular weight is 711 g/mol. The van der Waals surface area contributed by atoms with E-state index in [1.807, 2.05) is 40.0 Å². The van der Waals surface area contributed by atoms with Crippen molar-refractivity contribution in [3.05, 3.63) is 90.3 Å². The van der Waals surface area contributed by atoms with Gasteiger partial charge in [0, 0.05) is 45.2 Å². The van der Waals surface area contributed by atoms with Crippen LogP contribution in [0.3, 0.4) is 0 Å². The molecule has 1 heterocycles. The zero-order valence-electron chi connectivity index (χ0n) is 24.4. The number of carbonyl (C=O) groups is 1. The second kappa shape index (κ2) is 14.0. The summed E-state index contributed by atoms with van der Waals surface area (Å²) in [5.74, 6) is 1.62. The van der Waals surface area contributed by atoms with E-state index in [4.69, 9.17) is 4.98 Å². The van der Waals surface area contributed by atoms with Crippen molar-refractivity contribution in [3.63, 3.8) is 0 Å². The monoisotopic (exact) mass is 711 g/mol. The van der Waals surface area contributed by atoms with Crippen LogP contribution in [0.1, 0.15) is 59.9 Å². The fourth-order valence-corrected chi connectivity index (χ4v) is 5.27. The molecule has 5 rings (SSSR count). The van der Waals surface area contributed by atoms with Crippen LogP contribution in [0.5, 0.6) is 0 Å². The maximum absolute atomic E-state index is 11.2. The van der Waals surface area contributed by atoms with Crippen LogP contribution in [0.4, 0.5) is 0 Å². The first-order valence-electron chi connectivity index (χ1n) is 14.1. The average Bonchev–Trinajstić information content (AvgIpc) is 2.98. The van der Waals surface area contributed by atoms with Gasteiger partial charge in [0.15, 0.2) is 5.78 Å². The molecule has 1 radical (unpaired) electrons. The summed E-state index contributed by atoms with van der Waals surface area (Å²) in [5, 5.41) is 11.8. The Bertz CT molecular complexity index is 1490. The molecule has 1 aromatic heterocycles. The number of aliphatic hydroxyl groups excluding tert-OH is 1. The molecule has 211 valence electrons. The van der Waals surface area contributed by atoms with Crippen LogP contribution in [0, 0.1) is 23.8 Å². The Hall–Kier alpha value is -3.07. The number of fused-ring (bicyclic) bond motifs is 5. The first-order chi connectivity index (χ1) is 18.6. The fraction of sp³-hybridized carbons (Fsp3) is 0.333. The van der Waals surface area contributed by atoms with Gasteiger partial charge in [0.2, 0.25) is 0 Å². The Labute approximate surface area is 253 Å². The van der Waals surface area contributed by atoms with E-state index >= 15 is 0 Å². The summed E-state index contributed by atoms with van der Waals surface area (Å²) >= 11 is 0. The summed E-state index contributed by atoms with van der Waals surface area (Å²) in [4.78, 5) is 16.0. The Morgan fingerprint density at radius 2 is 1.57 bits per heavy atom. The minimum Gasteiger partial charge on any atom is -0.512 e. The number of carbonyl (C=O) groups excluding carboxylic acids is 1. The van der Waals surface area contributed by atoms with Crippen molar-refractivity contribution in [1.82, 2.24) is 4.98 Å². The normalized spacial score (nSPS) is 11.9. The van der Waals surface area contributed by atoms with E-state index in [1.165, 1.54) is 44.7 Å². The Morgan fingerprint density at radius 3 is 2.27 bits per heavy atom. The summed E-state index contributed by atoms with van der Waals surface area (Å²) in [6.07, 6.45) is 5.47. The number of aromatic nitrogens is 1. The van der Waals surface area contributed by atoms with Gasteiger partial charge in [0.1, 0.15) is 0 Å². The SMILES string of the molecule is CC(C)CC(=O)/C=C(\O)CC(C)C.CC(C)Cc1ccc2c(c1)-c1ccc[c-]c1-c1nccc3cccc-2c13.[Ir]. The van der Waals surface area contributed by atoms with Crippen LogP contribution >= 0.6 is 0 Å². The van der Waals surface area contributed by atoms with Gasteiger partial charge in [-0.1, -0.05) is 89.1 Å². The first-order valence-corrected chi connectivity index (χ1v) is 14.1. The van der Waals surface area contributed by atoms with Gasteiger partial charge >= 0.3 is 0 Å². The van der Waals surface area contributed by atoms with Gasteiger partial charge in [-0.3, -0.25) is 4.79 Å². The van der Waals surface area contributed by atoms with E-state index in [1.54, 1.807) is 0 Å². The van der Waals surface area contributed by atoms with Crippen molar-refractivity contribution in [2.45, 2.75) is 60.8 Å². The van der Waals surface area contributed by atoms with Gasteiger partial charge in [-0.05, 0) is 63.4 Å². The van der Waals surface area contributed by atoms with E-state index in [0.717, 1.165) is 17.7 Å². The molecule has 40 heavy (non-hydrogen) atoms. The molecular weight excluding hydrogens is 671 g/mol. The summed E-state index contributed by atoms with van der Waals surface area (Å²) < 4.78 is 0.